The molecule has 0 fully saturated rings. The lowest BCUT2D eigenvalue weighted by molar-refractivity contribution is 0.426. The maximum absolute atomic E-state index is 9.45. The Bertz CT molecular complexity index is 1930. The van der Waals surface area contributed by atoms with Crippen LogP contribution in [0.3, 0.4) is 0 Å². The molecule has 2 N–H and O–H groups in total. The molecule has 3 heteroatoms. The van der Waals surface area contributed by atoms with E-state index >= 15 is 0 Å². The molecule has 0 saturated carbocycles. The molecule has 0 unspecified atom stereocenters. The topological polar surface area (TPSA) is 40.5 Å². The zero-order valence-electron chi connectivity index (χ0n) is 20.1. The van der Waals surface area contributed by atoms with E-state index in [1.165, 1.54) is 54.2 Å². The second-order valence-electron chi connectivity index (χ2n) is 9.59. The van der Waals surface area contributed by atoms with E-state index in [4.69, 9.17) is 0 Å². The Labute approximate surface area is 215 Å². The maximum atomic E-state index is 9.45. The molecule has 7 aromatic carbocycles. The van der Waals surface area contributed by atoms with E-state index in [-0.39, 0.29) is 0 Å². The first-order valence-electron chi connectivity index (χ1n) is 12.5. The average molecular weight is 474 g/mol. The van der Waals surface area contributed by atoms with Gasteiger partial charge in [-0.2, -0.15) is 0 Å². The molecule has 0 amide bonds. The number of fused-ring (bicyclic) bond motifs is 7. The van der Waals surface area contributed by atoms with Crippen molar-refractivity contribution in [1.29, 1.82) is 0 Å². The smallest absolute Gasteiger partial charge is 0.423 e. The lowest BCUT2D eigenvalue weighted by Crippen LogP contribution is -2.29. The first kappa shape index (κ1) is 21.8. The van der Waals surface area contributed by atoms with Gasteiger partial charge in [0, 0.05) is 0 Å². The third-order valence-electron chi connectivity index (χ3n) is 7.48. The standard InChI is InChI=1S/C34H23BO2/c36-35(37)26-16-12-22(13-17-26)24-14-18-31-32-19-15-25(28-11-5-7-23-6-1-2-8-27(23)28)21-34(32)30-10-4-3-9-29(30)33(31)20-24/h1-21,36-37H. The summed E-state index contributed by atoms with van der Waals surface area (Å²) in [4.78, 5) is 0. The van der Waals surface area contributed by atoms with Crippen LogP contribution in [0.15, 0.2) is 127 Å². The van der Waals surface area contributed by atoms with Crippen molar-refractivity contribution in [3.63, 3.8) is 0 Å². The molecule has 0 aliphatic carbocycles. The molecule has 7 aromatic rings. The highest BCUT2D eigenvalue weighted by atomic mass is 16.4. The number of benzene rings is 7. The first-order chi connectivity index (χ1) is 18.2. The van der Waals surface area contributed by atoms with Crippen molar-refractivity contribution in [2.45, 2.75) is 0 Å². The Morgan fingerprint density at radius 2 is 0.892 bits per heavy atom. The Morgan fingerprint density at radius 3 is 1.57 bits per heavy atom. The summed E-state index contributed by atoms with van der Waals surface area (Å²) in [6, 6.07) is 44.6. The normalized spacial score (nSPS) is 11.5. The van der Waals surface area contributed by atoms with Crippen molar-refractivity contribution >= 4 is 55.7 Å². The summed E-state index contributed by atoms with van der Waals surface area (Å²) in [7, 11) is -1.46. The van der Waals surface area contributed by atoms with E-state index in [1.54, 1.807) is 12.1 Å². The van der Waals surface area contributed by atoms with Crippen molar-refractivity contribution in [2.75, 3.05) is 0 Å². The minimum absolute atomic E-state index is 0.489. The number of hydrogen-bond donors (Lipinski definition) is 2. The Balaban J connectivity index is 1.47. The third kappa shape index (κ3) is 3.60. The second-order valence-corrected chi connectivity index (χ2v) is 9.59. The SMILES string of the molecule is OB(O)c1ccc(-c2ccc3c4ccc(-c5cccc6ccccc56)cc4c4ccccc4c3c2)cc1. The summed E-state index contributed by atoms with van der Waals surface area (Å²) in [5.41, 5.74) is 5.10. The van der Waals surface area contributed by atoms with Gasteiger partial charge in [-0.25, -0.2) is 0 Å². The van der Waals surface area contributed by atoms with Gasteiger partial charge in [0.05, 0.1) is 0 Å². The highest BCUT2D eigenvalue weighted by molar-refractivity contribution is 6.58. The molecule has 0 aliphatic rings. The van der Waals surface area contributed by atoms with Crippen LogP contribution in [0.25, 0.3) is 65.3 Å². The molecule has 0 aliphatic heterocycles. The van der Waals surface area contributed by atoms with Crippen molar-refractivity contribution in [1.82, 2.24) is 0 Å². The quantitative estimate of drug-likeness (QED) is 0.208. The third-order valence-corrected chi connectivity index (χ3v) is 7.48. The second kappa shape index (κ2) is 8.60. The van der Waals surface area contributed by atoms with E-state index in [0.29, 0.717) is 5.46 Å². The number of hydrogen-bond acceptors (Lipinski definition) is 2. The van der Waals surface area contributed by atoms with Gasteiger partial charge in [-0.1, -0.05) is 115 Å². The van der Waals surface area contributed by atoms with E-state index < -0.39 is 7.12 Å². The fraction of sp³-hybridized carbons (Fsp3) is 0. The lowest BCUT2D eigenvalue weighted by Gasteiger charge is -2.14. The van der Waals surface area contributed by atoms with E-state index in [1.807, 2.05) is 12.1 Å². The molecule has 0 atom stereocenters. The molecule has 174 valence electrons. The molecule has 0 bridgehead atoms. The fourth-order valence-electron chi connectivity index (χ4n) is 5.63. The molecular formula is C34H23BO2. The zero-order chi connectivity index (χ0) is 24.9. The van der Waals surface area contributed by atoms with Gasteiger partial charge in [0.2, 0.25) is 0 Å². The van der Waals surface area contributed by atoms with Crippen molar-refractivity contribution in [3.05, 3.63) is 127 Å². The minimum Gasteiger partial charge on any atom is -0.423 e. The van der Waals surface area contributed by atoms with Gasteiger partial charge in [-0.3, -0.25) is 0 Å². The first-order valence-corrected chi connectivity index (χ1v) is 12.5. The highest BCUT2D eigenvalue weighted by Gasteiger charge is 2.13. The van der Waals surface area contributed by atoms with E-state index in [9.17, 15) is 10.0 Å². The summed E-state index contributed by atoms with van der Waals surface area (Å²) < 4.78 is 0. The molecule has 0 spiro atoms. The lowest BCUT2D eigenvalue weighted by atomic mass is 9.80. The van der Waals surface area contributed by atoms with Crippen molar-refractivity contribution in [3.8, 4) is 22.3 Å². The van der Waals surface area contributed by atoms with Crippen LogP contribution in [0.1, 0.15) is 0 Å². The maximum Gasteiger partial charge on any atom is 0.488 e. The Hall–Kier alpha value is -4.44. The largest absolute Gasteiger partial charge is 0.488 e. The van der Waals surface area contributed by atoms with Gasteiger partial charge in [-0.15, -0.1) is 0 Å². The molecule has 0 heterocycles. The summed E-state index contributed by atoms with van der Waals surface area (Å²) >= 11 is 0. The minimum atomic E-state index is -1.46. The predicted molar refractivity (Wildman–Crippen MR) is 157 cm³/mol. The van der Waals surface area contributed by atoms with Gasteiger partial charge in [-0.05, 0) is 82.9 Å². The van der Waals surface area contributed by atoms with Gasteiger partial charge in [0.15, 0.2) is 0 Å². The molecule has 2 nitrogen and oxygen atoms in total. The molecule has 37 heavy (non-hydrogen) atoms. The molecule has 7 rings (SSSR count). The monoisotopic (exact) mass is 474 g/mol. The number of rotatable bonds is 3. The Morgan fingerprint density at radius 1 is 0.378 bits per heavy atom. The van der Waals surface area contributed by atoms with Crippen LogP contribution in [-0.4, -0.2) is 17.2 Å². The highest BCUT2D eigenvalue weighted by Crippen LogP contribution is 2.39. The summed E-state index contributed by atoms with van der Waals surface area (Å²) in [6.45, 7) is 0. The van der Waals surface area contributed by atoms with E-state index in [2.05, 4.69) is 103 Å². The van der Waals surface area contributed by atoms with Crippen LogP contribution < -0.4 is 5.46 Å². The average Bonchev–Trinajstić information content (AvgIpc) is 2.96. The predicted octanol–water partition coefficient (Wildman–Crippen LogP) is 7.31. The molecule has 0 radical (unpaired) electrons. The van der Waals surface area contributed by atoms with Gasteiger partial charge in [0.1, 0.15) is 0 Å². The van der Waals surface area contributed by atoms with Crippen LogP contribution >= 0.6 is 0 Å². The molecule has 0 aromatic heterocycles. The van der Waals surface area contributed by atoms with Crippen LogP contribution in [0.5, 0.6) is 0 Å². The zero-order valence-corrected chi connectivity index (χ0v) is 20.1. The van der Waals surface area contributed by atoms with Crippen LogP contribution in [-0.2, 0) is 0 Å². The van der Waals surface area contributed by atoms with Crippen molar-refractivity contribution in [2.24, 2.45) is 0 Å². The molecule has 0 saturated heterocycles. The summed E-state index contributed by atoms with van der Waals surface area (Å²) in [5, 5.41) is 28.8. The van der Waals surface area contributed by atoms with Gasteiger partial charge >= 0.3 is 7.12 Å². The van der Waals surface area contributed by atoms with Gasteiger partial charge < -0.3 is 10.0 Å². The Kier molecular flexibility index (Phi) is 5.07. The molecular weight excluding hydrogens is 451 g/mol. The summed E-state index contributed by atoms with van der Waals surface area (Å²) in [5.74, 6) is 0. The summed E-state index contributed by atoms with van der Waals surface area (Å²) in [6.07, 6.45) is 0. The van der Waals surface area contributed by atoms with Crippen LogP contribution in [0, 0.1) is 0 Å². The fourth-order valence-corrected chi connectivity index (χ4v) is 5.63. The van der Waals surface area contributed by atoms with E-state index in [0.717, 1.165) is 11.1 Å². The van der Waals surface area contributed by atoms with Gasteiger partial charge in [0.25, 0.3) is 0 Å². The van der Waals surface area contributed by atoms with Crippen LogP contribution in [0.2, 0.25) is 0 Å². The van der Waals surface area contributed by atoms with Crippen molar-refractivity contribution < 1.29 is 10.0 Å². The van der Waals surface area contributed by atoms with Crippen LogP contribution in [0.4, 0.5) is 0 Å².